The number of aliphatic hydroxyl groups is 2. The first-order valence-corrected chi connectivity index (χ1v) is 10.6. The van der Waals surface area contributed by atoms with E-state index in [9.17, 15) is 15.0 Å². The van der Waals surface area contributed by atoms with Crippen molar-refractivity contribution in [3.63, 3.8) is 0 Å². The second-order valence-corrected chi connectivity index (χ2v) is 7.94. The Labute approximate surface area is 191 Å². The standard InChI is InChI=1S/C24H28O9/c1-28-18-7-12(8-19(29-2)23(18)30-3)20-14-9-16-17(33-11-32-16)10-15(14)22(26)13(5-6-25)21(20)24(27)31-4/h7-10,13,20-22,25-26H,5-6,11H2,1-4H3/t13-,20+,21+,22+/m0/s1. The van der Waals surface area contributed by atoms with Gasteiger partial charge in [-0.3, -0.25) is 4.79 Å². The number of carbonyl (C=O) groups excluding carboxylic acids is 1. The molecule has 9 nitrogen and oxygen atoms in total. The molecule has 0 unspecified atom stereocenters. The second kappa shape index (κ2) is 9.36. The van der Waals surface area contributed by atoms with Crippen LogP contribution in [0.25, 0.3) is 0 Å². The molecule has 0 spiro atoms. The van der Waals surface area contributed by atoms with Crippen LogP contribution < -0.4 is 23.7 Å². The van der Waals surface area contributed by atoms with E-state index in [1.54, 1.807) is 24.3 Å². The number of aliphatic hydroxyl groups excluding tert-OH is 2. The Morgan fingerprint density at radius 3 is 2.09 bits per heavy atom. The summed E-state index contributed by atoms with van der Waals surface area (Å²) in [7, 11) is 5.86. The van der Waals surface area contributed by atoms with Crippen molar-refractivity contribution in [1.82, 2.24) is 0 Å². The maximum atomic E-state index is 13.1. The van der Waals surface area contributed by atoms with E-state index in [0.29, 0.717) is 45.4 Å². The van der Waals surface area contributed by atoms with Gasteiger partial charge in [0, 0.05) is 18.4 Å². The van der Waals surface area contributed by atoms with Gasteiger partial charge in [0.25, 0.3) is 0 Å². The number of rotatable bonds is 7. The third-order valence-corrected chi connectivity index (χ3v) is 6.44. The summed E-state index contributed by atoms with van der Waals surface area (Å²) in [5.41, 5.74) is 2.01. The monoisotopic (exact) mass is 460 g/mol. The lowest BCUT2D eigenvalue weighted by atomic mass is 9.64. The minimum Gasteiger partial charge on any atom is -0.493 e. The highest BCUT2D eigenvalue weighted by molar-refractivity contribution is 5.77. The van der Waals surface area contributed by atoms with Gasteiger partial charge < -0.3 is 38.6 Å². The van der Waals surface area contributed by atoms with Crippen LogP contribution in [-0.4, -0.2) is 58.0 Å². The van der Waals surface area contributed by atoms with Gasteiger partial charge in [-0.05, 0) is 47.4 Å². The van der Waals surface area contributed by atoms with E-state index < -0.39 is 29.8 Å². The van der Waals surface area contributed by atoms with Gasteiger partial charge in [0.15, 0.2) is 23.0 Å². The van der Waals surface area contributed by atoms with Gasteiger partial charge in [0.2, 0.25) is 12.5 Å². The molecule has 9 heteroatoms. The molecule has 1 aliphatic carbocycles. The van der Waals surface area contributed by atoms with Crippen molar-refractivity contribution in [1.29, 1.82) is 0 Å². The minimum absolute atomic E-state index is 0.0731. The summed E-state index contributed by atoms with van der Waals surface area (Å²) in [6, 6.07) is 7.10. The first kappa shape index (κ1) is 23.0. The van der Waals surface area contributed by atoms with Crippen LogP contribution in [0.15, 0.2) is 24.3 Å². The number of methoxy groups -OCH3 is 4. The van der Waals surface area contributed by atoms with Gasteiger partial charge in [0.05, 0.1) is 40.5 Å². The molecule has 2 N–H and O–H groups in total. The van der Waals surface area contributed by atoms with Crippen LogP contribution in [0.5, 0.6) is 28.7 Å². The molecule has 33 heavy (non-hydrogen) atoms. The molecule has 0 radical (unpaired) electrons. The number of hydrogen-bond acceptors (Lipinski definition) is 9. The predicted molar refractivity (Wildman–Crippen MR) is 116 cm³/mol. The van der Waals surface area contributed by atoms with Crippen LogP contribution in [0, 0.1) is 11.8 Å². The molecule has 0 saturated carbocycles. The van der Waals surface area contributed by atoms with Gasteiger partial charge in [0.1, 0.15) is 0 Å². The molecule has 2 aromatic rings. The average molecular weight is 460 g/mol. The fourth-order valence-corrected chi connectivity index (χ4v) is 4.97. The fourth-order valence-electron chi connectivity index (χ4n) is 4.97. The molecule has 178 valence electrons. The Bertz CT molecular complexity index is 1010. The number of ether oxygens (including phenoxy) is 6. The molecular weight excluding hydrogens is 432 g/mol. The Kier molecular flexibility index (Phi) is 6.53. The zero-order valence-electron chi connectivity index (χ0n) is 19.0. The lowest BCUT2D eigenvalue weighted by Crippen LogP contribution is -2.39. The highest BCUT2D eigenvalue weighted by Gasteiger charge is 2.48. The van der Waals surface area contributed by atoms with Crippen molar-refractivity contribution in [2.45, 2.75) is 18.4 Å². The van der Waals surface area contributed by atoms with Gasteiger partial charge in [-0.15, -0.1) is 0 Å². The molecule has 2 aromatic carbocycles. The van der Waals surface area contributed by atoms with Crippen LogP contribution in [0.1, 0.15) is 35.1 Å². The summed E-state index contributed by atoms with van der Waals surface area (Å²) in [5, 5.41) is 21.0. The van der Waals surface area contributed by atoms with Crippen LogP contribution in [-0.2, 0) is 9.53 Å². The maximum Gasteiger partial charge on any atom is 0.310 e. The Morgan fingerprint density at radius 1 is 0.970 bits per heavy atom. The van der Waals surface area contributed by atoms with E-state index in [-0.39, 0.29) is 19.8 Å². The Morgan fingerprint density at radius 2 is 1.58 bits per heavy atom. The molecule has 1 aliphatic heterocycles. The quantitative estimate of drug-likeness (QED) is 0.602. The molecule has 0 amide bonds. The summed E-state index contributed by atoms with van der Waals surface area (Å²) in [6.07, 6.45) is -0.806. The largest absolute Gasteiger partial charge is 0.493 e. The summed E-state index contributed by atoms with van der Waals surface area (Å²) in [4.78, 5) is 13.1. The van der Waals surface area contributed by atoms with E-state index in [2.05, 4.69) is 0 Å². The van der Waals surface area contributed by atoms with Gasteiger partial charge >= 0.3 is 5.97 Å². The van der Waals surface area contributed by atoms with Crippen molar-refractivity contribution in [3.05, 3.63) is 41.0 Å². The first-order chi connectivity index (χ1) is 16.0. The Balaban J connectivity index is 1.99. The summed E-state index contributed by atoms with van der Waals surface area (Å²) in [6.45, 7) is -0.124. The zero-order chi connectivity index (χ0) is 23.7. The highest BCUT2D eigenvalue weighted by atomic mass is 16.7. The predicted octanol–water partition coefficient (Wildman–Crippen LogP) is 2.41. The SMILES string of the molecule is COC(=O)[C@H]1[C@H](c2cc(OC)c(OC)c(OC)c2)c2cc3c(cc2[C@H](O)[C@H]1CCO)OCO3. The molecule has 0 saturated heterocycles. The maximum absolute atomic E-state index is 13.1. The molecule has 4 rings (SSSR count). The molecule has 1 heterocycles. The van der Waals surface area contributed by atoms with Crippen molar-refractivity contribution in [2.75, 3.05) is 41.8 Å². The van der Waals surface area contributed by atoms with E-state index in [1.807, 2.05) is 0 Å². The van der Waals surface area contributed by atoms with Gasteiger partial charge in [-0.1, -0.05) is 0 Å². The first-order valence-electron chi connectivity index (χ1n) is 10.6. The fraction of sp³-hybridized carbons (Fsp3) is 0.458. The van der Waals surface area contributed by atoms with Crippen LogP contribution in [0.4, 0.5) is 0 Å². The van der Waals surface area contributed by atoms with Crippen molar-refractivity contribution in [2.24, 2.45) is 11.8 Å². The third-order valence-electron chi connectivity index (χ3n) is 6.44. The molecule has 0 bridgehead atoms. The van der Waals surface area contributed by atoms with Crippen LogP contribution in [0.3, 0.4) is 0 Å². The van der Waals surface area contributed by atoms with E-state index in [1.165, 1.54) is 28.4 Å². The zero-order valence-corrected chi connectivity index (χ0v) is 19.0. The van der Waals surface area contributed by atoms with Crippen molar-refractivity contribution < 1.29 is 43.4 Å². The van der Waals surface area contributed by atoms with Crippen LogP contribution >= 0.6 is 0 Å². The van der Waals surface area contributed by atoms with Crippen molar-refractivity contribution in [3.8, 4) is 28.7 Å². The molecular formula is C24H28O9. The lowest BCUT2D eigenvalue weighted by Gasteiger charge is -2.41. The number of fused-ring (bicyclic) bond motifs is 2. The molecule has 0 fully saturated rings. The third kappa shape index (κ3) is 3.81. The van der Waals surface area contributed by atoms with Gasteiger partial charge in [-0.2, -0.15) is 0 Å². The molecule has 0 aromatic heterocycles. The van der Waals surface area contributed by atoms with E-state index in [4.69, 9.17) is 28.4 Å². The summed E-state index contributed by atoms with van der Waals surface area (Å²) in [5.74, 6) is -0.0760. The number of hydrogen-bond donors (Lipinski definition) is 2. The highest BCUT2D eigenvalue weighted by Crippen LogP contribution is 2.54. The van der Waals surface area contributed by atoms with Crippen molar-refractivity contribution >= 4 is 5.97 Å². The minimum atomic E-state index is -1.01. The molecule has 2 aliphatic rings. The normalized spacial score (nSPS) is 23.0. The molecule has 4 atom stereocenters. The smallest absolute Gasteiger partial charge is 0.310 e. The van der Waals surface area contributed by atoms with Crippen LogP contribution in [0.2, 0.25) is 0 Å². The Hall–Kier alpha value is -3.17. The lowest BCUT2D eigenvalue weighted by molar-refractivity contribution is -0.151. The van der Waals surface area contributed by atoms with Gasteiger partial charge in [-0.25, -0.2) is 0 Å². The number of benzene rings is 2. The second-order valence-electron chi connectivity index (χ2n) is 7.94. The topological polar surface area (TPSA) is 113 Å². The number of carbonyl (C=O) groups is 1. The summed E-state index contributed by atoms with van der Waals surface area (Å²) < 4.78 is 32.8. The average Bonchev–Trinajstić information content (AvgIpc) is 3.30. The van der Waals surface area contributed by atoms with E-state index in [0.717, 1.165) is 0 Å². The number of esters is 1. The van der Waals surface area contributed by atoms with E-state index >= 15 is 0 Å². The summed E-state index contributed by atoms with van der Waals surface area (Å²) >= 11 is 0.